The van der Waals surface area contributed by atoms with E-state index in [0.29, 0.717) is 11.1 Å². The molecule has 0 aliphatic heterocycles. The van der Waals surface area contributed by atoms with E-state index in [4.69, 9.17) is 4.42 Å². The fourth-order valence-electron chi connectivity index (χ4n) is 2.19. The number of aromatic amines is 1. The van der Waals surface area contributed by atoms with Gasteiger partial charge in [0.05, 0.1) is 9.35 Å². The fraction of sp³-hybridized carbons (Fsp3) is 0.0667. The molecule has 4 aromatic rings. The highest BCUT2D eigenvalue weighted by atomic mass is 79.9. The highest BCUT2D eigenvalue weighted by Crippen LogP contribution is 2.32. The van der Waals surface area contributed by atoms with E-state index < -0.39 is 0 Å². The molecule has 0 amide bonds. The van der Waals surface area contributed by atoms with Crippen molar-refractivity contribution < 1.29 is 4.42 Å². The number of halogens is 1. The van der Waals surface area contributed by atoms with E-state index in [2.05, 4.69) is 37.2 Å². The SMILES string of the molecule is Brc1ccc(CSc2nnc(-c3c[nH]c4ccccc34)o2)s1. The lowest BCUT2D eigenvalue weighted by molar-refractivity contribution is 0.466. The number of thioether (sulfide) groups is 1. The molecular formula is C15H10BrN3OS2. The van der Waals surface area contributed by atoms with Crippen LogP contribution in [0.1, 0.15) is 4.88 Å². The lowest BCUT2D eigenvalue weighted by Crippen LogP contribution is -1.75. The second kappa shape index (κ2) is 5.91. The molecule has 0 bridgehead atoms. The molecule has 0 aliphatic rings. The Morgan fingerprint density at radius 2 is 2.09 bits per heavy atom. The van der Waals surface area contributed by atoms with Crippen molar-refractivity contribution in [3.05, 3.63) is 51.3 Å². The highest BCUT2D eigenvalue weighted by Gasteiger charge is 2.13. The first-order valence-electron chi connectivity index (χ1n) is 6.56. The van der Waals surface area contributed by atoms with Crippen LogP contribution in [0.5, 0.6) is 0 Å². The quantitative estimate of drug-likeness (QED) is 0.477. The van der Waals surface area contributed by atoms with Crippen LogP contribution in [0, 0.1) is 0 Å². The summed E-state index contributed by atoms with van der Waals surface area (Å²) in [4.78, 5) is 4.49. The van der Waals surface area contributed by atoms with Crippen LogP contribution in [0.3, 0.4) is 0 Å². The third kappa shape index (κ3) is 2.71. The van der Waals surface area contributed by atoms with Crippen LogP contribution in [0.15, 0.2) is 56.0 Å². The summed E-state index contributed by atoms with van der Waals surface area (Å²) in [5.74, 6) is 1.37. The third-order valence-corrected chi connectivity index (χ3v) is 5.87. The van der Waals surface area contributed by atoms with Gasteiger partial charge in [-0.1, -0.05) is 30.0 Å². The van der Waals surface area contributed by atoms with Gasteiger partial charge in [-0.3, -0.25) is 0 Å². The van der Waals surface area contributed by atoms with E-state index in [1.54, 1.807) is 23.1 Å². The highest BCUT2D eigenvalue weighted by molar-refractivity contribution is 9.11. The van der Waals surface area contributed by atoms with E-state index >= 15 is 0 Å². The molecule has 110 valence electrons. The number of thiophene rings is 1. The van der Waals surface area contributed by atoms with Crippen molar-refractivity contribution >= 4 is 49.9 Å². The minimum absolute atomic E-state index is 0.548. The summed E-state index contributed by atoms with van der Waals surface area (Å²) in [7, 11) is 0. The smallest absolute Gasteiger partial charge is 0.277 e. The maximum atomic E-state index is 5.78. The Morgan fingerprint density at radius 1 is 1.18 bits per heavy atom. The van der Waals surface area contributed by atoms with Gasteiger partial charge < -0.3 is 9.40 Å². The second-order valence-electron chi connectivity index (χ2n) is 4.62. The number of rotatable bonds is 4. The lowest BCUT2D eigenvalue weighted by atomic mass is 10.2. The number of hydrogen-bond donors (Lipinski definition) is 1. The molecule has 1 N–H and O–H groups in total. The largest absolute Gasteiger partial charge is 0.411 e. The molecule has 0 saturated heterocycles. The van der Waals surface area contributed by atoms with Gasteiger partial charge in [0.25, 0.3) is 11.1 Å². The van der Waals surface area contributed by atoms with Crippen molar-refractivity contribution in [2.24, 2.45) is 0 Å². The first-order valence-corrected chi connectivity index (χ1v) is 9.16. The second-order valence-corrected chi connectivity index (χ2v) is 8.09. The van der Waals surface area contributed by atoms with Gasteiger partial charge in [0, 0.05) is 27.7 Å². The van der Waals surface area contributed by atoms with Crippen molar-refractivity contribution in [2.75, 3.05) is 0 Å². The first kappa shape index (κ1) is 14.0. The Kier molecular flexibility index (Phi) is 3.77. The Hall–Kier alpha value is -1.57. The molecule has 0 atom stereocenters. The van der Waals surface area contributed by atoms with Gasteiger partial charge in [-0.05, 0) is 34.1 Å². The van der Waals surface area contributed by atoms with Crippen molar-refractivity contribution in [3.63, 3.8) is 0 Å². The zero-order chi connectivity index (χ0) is 14.9. The monoisotopic (exact) mass is 391 g/mol. The number of H-pyrrole nitrogens is 1. The normalized spacial score (nSPS) is 11.3. The molecule has 22 heavy (non-hydrogen) atoms. The van der Waals surface area contributed by atoms with Crippen molar-refractivity contribution in [1.82, 2.24) is 15.2 Å². The molecule has 7 heteroatoms. The van der Waals surface area contributed by atoms with Crippen LogP contribution < -0.4 is 0 Å². The maximum Gasteiger partial charge on any atom is 0.277 e. The molecule has 4 rings (SSSR count). The topological polar surface area (TPSA) is 54.7 Å². The average Bonchev–Trinajstić information content (AvgIpc) is 3.23. The number of nitrogens with zero attached hydrogens (tertiary/aromatic N) is 2. The number of para-hydroxylation sites is 1. The summed E-state index contributed by atoms with van der Waals surface area (Å²) < 4.78 is 6.91. The number of benzene rings is 1. The third-order valence-electron chi connectivity index (χ3n) is 3.19. The first-order chi connectivity index (χ1) is 10.8. The van der Waals surface area contributed by atoms with Gasteiger partial charge in [0.15, 0.2) is 0 Å². The average molecular weight is 392 g/mol. The molecule has 0 spiro atoms. The van der Waals surface area contributed by atoms with E-state index in [0.717, 1.165) is 26.0 Å². The van der Waals surface area contributed by atoms with E-state index in [9.17, 15) is 0 Å². The molecule has 0 radical (unpaired) electrons. The number of fused-ring (bicyclic) bond motifs is 1. The Morgan fingerprint density at radius 3 is 2.95 bits per heavy atom. The van der Waals surface area contributed by atoms with Gasteiger partial charge in [-0.25, -0.2) is 0 Å². The van der Waals surface area contributed by atoms with Crippen LogP contribution in [0.2, 0.25) is 0 Å². The summed E-state index contributed by atoms with van der Waals surface area (Å²) in [5.41, 5.74) is 2.00. The van der Waals surface area contributed by atoms with E-state index in [-0.39, 0.29) is 0 Å². The zero-order valence-electron chi connectivity index (χ0n) is 11.2. The molecule has 3 heterocycles. The van der Waals surface area contributed by atoms with Gasteiger partial charge in [0.1, 0.15) is 0 Å². The molecule has 1 aromatic carbocycles. The van der Waals surface area contributed by atoms with Gasteiger partial charge >= 0.3 is 0 Å². The summed E-state index contributed by atoms with van der Waals surface area (Å²) in [6.07, 6.45) is 1.91. The predicted octanol–water partition coefficient (Wildman–Crippen LogP) is 5.33. The van der Waals surface area contributed by atoms with Crippen LogP contribution in [0.4, 0.5) is 0 Å². The molecule has 0 saturated carbocycles. The fourth-order valence-corrected chi connectivity index (χ4v) is 4.48. The summed E-state index contributed by atoms with van der Waals surface area (Å²) in [5, 5.41) is 9.96. The minimum Gasteiger partial charge on any atom is -0.411 e. The number of aromatic nitrogens is 3. The van der Waals surface area contributed by atoms with Gasteiger partial charge in [0.2, 0.25) is 0 Å². The Bertz CT molecular complexity index is 928. The van der Waals surface area contributed by atoms with E-state index in [1.165, 1.54) is 4.88 Å². The Labute approximate surface area is 143 Å². The number of nitrogens with one attached hydrogen (secondary N) is 1. The molecular weight excluding hydrogens is 382 g/mol. The molecule has 0 unspecified atom stereocenters. The van der Waals surface area contributed by atoms with Crippen LogP contribution in [-0.2, 0) is 5.75 Å². The van der Waals surface area contributed by atoms with Gasteiger partial charge in [-0.15, -0.1) is 21.5 Å². The predicted molar refractivity (Wildman–Crippen MR) is 93.2 cm³/mol. The van der Waals surface area contributed by atoms with Crippen molar-refractivity contribution in [3.8, 4) is 11.5 Å². The molecule has 0 aliphatic carbocycles. The van der Waals surface area contributed by atoms with Crippen LogP contribution >= 0.6 is 39.0 Å². The minimum atomic E-state index is 0.548. The Balaban J connectivity index is 1.56. The lowest BCUT2D eigenvalue weighted by Gasteiger charge is -1.93. The van der Waals surface area contributed by atoms with Crippen molar-refractivity contribution in [2.45, 2.75) is 11.0 Å². The molecule has 4 nitrogen and oxygen atoms in total. The standard InChI is InChI=1S/C15H10BrN3OS2/c16-13-6-5-9(22-13)8-21-15-19-18-14(20-15)11-7-17-12-4-2-1-3-10(11)12/h1-7,17H,8H2. The van der Waals surface area contributed by atoms with E-state index in [1.807, 2.05) is 36.5 Å². The van der Waals surface area contributed by atoms with Crippen molar-refractivity contribution in [1.29, 1.82) is 0 Å². The van der Waals surface area contributed by atoms with Crippen LogP contribution in [-0.4, -0.2) is 15.2 Å². The number of hydrogen-bond acceptors (Lipinski definition) is 5. The van der Waals surface area contributed by atoms with Gasteiger partial charge in [-0.2, -0.15) is 0 Å². The summed E-state index contributed by atoms with van der Waals surface area (Å²) >= 11 is 6.73. The zero-order valence-corrected chi connectivity index (χ0v) is 14.5. The van der Waals surface area contributed by atoms with Crippen LogP contribution in [0.25, 0.3) is 22.4 Å². The summed E-state index contributed by atoms with van der Waals surface area (Å²) in [6.45, 7) is 0. The summed E-state index contributed by atoms with van der Waals surface area (Å²) in [6, 6.07) is 12.2. The maximum absolute atomic E-state index is 5.78. The molecule has 0 fully saturated rings. The molecule has 3 aromatic heterocycles.